The van der Waals surface area contributed by atoms with Gasteiger partial charge in [-0.3, -0.25) is 4.79 Å². The lowest BCUT2D eigenvalue weighted by atomic mass is 10.2. The molecule has 1 amide bonds. The molecule has 0 unspecified atom stereocenters. The first-order valence-corrected chi connectivity index (χ1v) is 8.90. The number of benzene rings is 1. The quantitative estimate of drug-likeness (QED) is 0.853. The van der Waals surface area contributed by atoms with Gasteiger partial charge in [0, 0.05) is 31.0 Å². The summed E-state index contributed by atoms with van der Waals surface area (Å²) < 4.78 is 25.7. The summed E-state index contributed by atoms with van der Waals surface area (Å²) in [4.78, 5) is 12.1. The van der Waals surface area contributed by atoms with Crippen molar-refractivity contribution in [3.05, 3.63) is 48.8 Å². The second-order valence-corrected chi connectivity index (χ2v) is 7.28. The second-order valence-electron chi connectivity index (χ2n) is 5.00. The number of anilines is 1. The molecule has 2 aromatic rings. The van der Waals surface area contributed by atoms with Crippen molar-refractivity contribution in [1.29, 1.82) is 0 Å². The largest absolute Gasteiger partial charge is 0.354 e. The monoisotopic (exact) mass is 320 g/mol. The standard InChI is InChI=1S/C16H20N2O3S/c1-2-22(20,21)15-8-5-7-14(13-15)17-16(19)9-6-12-18-10-3-4-11-18/h3-5,7-8,10-11,13H,2,6,9,12H2,1H3,(H,17,19). The molecular weight excluding hydrogens is 300 g/mol. The van der Waals surface area contributed by atoms with Crippen molar-refractivity contribution in [3.63, 3.8) is 0 Å². The van der Waals surface area contributed by atoms with E-state index in [0.717, 1.165) is 13.0 Å². The Labute approximate surface area is 130 Å². The predicted molar refractivity (Wildman–Crippen MR) is 86.5 cm³/mol. The molecule has 0 aliphatic carbocycles. The third-order valence-corrected chi connectivity index (χ3v) is 5.08. The molecule has 0 spiro atoms. The number of rotatable bonds is 7. The van der Waals surface area contributed by atoms with Crippen LogP contribution < -0.4 is 5.32 Å². The average Bonchev–Trinajstić information content (AvgIpc) is 3.01. The molecule has 6 heteroatoms. The van der Waals surface area contributed by atoms with Gasteiger partial charge in [0.05, 0.1) is 10.6 Å². The van der Waals surface area contributed by atoms with Crippen molar-refractivity contribution in [2.75, 3.05) is 11.1 Å². The number of aromatic nitrogens is 1. The Bertz CT molecular complexity index is 722. The van der Waals surface area contributed by atoms with Crippen molar-refractivity contribution in [1.82, 2.24) is 4.57 Å². The highest BCUT2D eigenvalue weighted by molar-refractivity contribution is 7.91. The van der Waals surface area contributed by atoms with Gasteiger partial charge in [0.2, 0.25) is 5.91 Å². The number of hydrogen-bond acceptors (Lipinski definition) is 3. The van der Waals surface area contributed by atoms with Gasteiger partial charge in [0.15, 0.2) is 9.84 Å². The van der Waals surface area contributed by atoms with E-state index < -0.39 is 9.84 Å². The van der Waals surface area contributed by atoms with Crippen LogP contribution >= 0.6 is 0 Å². The number of carbonyl (C=O) groups excluding carboxylic acids is 1. The van der Waals surface area contributed by atoms with Gasteiger partial charge in [0.25, 0.3) is 0 Å². The first-order chi connectivity index (χ1) is 10.5. The zero-order valence-electron chi connectivity index (χ0n) is 12.5. The van der Waals surface area contributed by atoms with Gasteiger partial charge in [0.1, 0.15) is 0 Å². The molecule has 22 heavy (non-hydrogen) atoms. The van der Waals surface area contributed by atoms with Gasteiger partial charge in [-0.1, -0.05) is 13.0 Å². The third kappa shape index (κ3) is 4.46. The number of hydrogen-bond donors (Lipinski definition) is 1. The molecule has 0 bridgehead atoms. The van der Waals surface area contributed by atoms with Crippen molar-refractivity contribution in [2.45, 2.75) is 31.2 Å². The van der Waals surface area contributed by atoms with E-state index in [9.17, 15) is 13.2 Å². The number of nitrogens with zero attached hydrogens (tertiary/aromatic N) is 1. The topological polar surface area (TPSA) is 68.2 Å². The van der Waals surface area contributed by atoms with Crippen LogP contribution in [0.3, 0.4) is 0 Å². The van der Waals surface area contributed by atoms with Gasteiger partial charge >= 0.3 is 0 Å². The fourth-order valence-corrected chi connectivity index (χ4v) is 3.02. The summed E-state index contributed by atoms with van der Waals surface area (Å²) in [5.41, 5.74) is 0.514. The van der Waals surface area contributed by atoms with Crippen molar-refractivity contribution < 1.29 is 13.2 Å². The first kappa shape index (κ1) is 16.3. The van der Waals surface area contributed by atoms with Gasteiger partial charge in [-0.15, -0.1) is 0 Å². The van der Waals surface area contributed by atoms with E-state index in [4.69, 9.17) is 0 Å². The lowest BCUT2D eigenvalue weighted by Gasteiger charge is -2.08. The number of carbonyl (C=O) groups is 1. The summed E-state index contributed by atoms with van der Waals surface area (Å²) in [6.07, 6.45) is 5.03. The summed E-state index contributed by atoms with van der Waals surface area (Å²) in [5.74, 6) is -0.0698. The Morgan fingerprint density at radius 1 is 1.18 bits per heavy atom. The highest BCUT2D eigenvalue weighted by atomic mass is 32.2. The summed E-state index contributed by atoms with van der Waals surface area (Å²) in [6.45, 7) is 2.38. The van der Waals surface area contributed by atoms with E-state index >= 15 is 0 Å². The zero-order valence-corrected chi connectivity index (χ0v) is 13.3. The molecule has 0 radical (unpaired) electrons. The van der Waals surface area contributed by atoms with Gasteiger partial charge in [-0.25, -0.2) is 8.42 Å². The summed E-state index contributed by atoms with van der Waals surface area (Å²) in [5, 5.41) is 2.75. The highest BCUT2D eigenvalue weighted by Gasteiger charge is 2.12. The van der Waals surface area contributed by atoms with Crippen LogP contribution in [0.15, 0.2) is 53.7 Å². The number of sulfone groups is 1. The maximum atomic E-state index is 11.9. The maximum Gasteiger partial charge on any atom is 0.224 e. The summed E-state index contributed by atoms with van der Waals surface area (Å²) in [7, 11) is -3.26. The molecule has 1 aromatic carbocycles. The Kier molecular flexibility index (Phi) is 5.38. The third-order valence-electron chi connectivity index (χ3n) is 3.34. The van der Waals surface area contributed by atoms with E-state index in [1.807, 2.05) is 29.1 Å². The Balaban J connectivity index is 1.90. The minimum atomic E-state index is -3.26. The second kappa shape index (κ2) is 7.26. The molecule has 0 aliphatic rings. The van der Waals surface area contributed by atoms with Gasteiger partial charge in [-0.05, 0) is 36.8 Å². The average molecular weight is 320 g/mol. The Morgan fingerprint density at radius 2 is 1.91 bits per heavy atom. The van der Waals surface area contributed by atoms with Crippen LogP contribution in [-0.4, -0.2) is 24.6 Å². The minimum Gasteiger partial charge on any atom is -0.354 e. The first-order valence-electron chi connectivity index (χ1n) is 7.24. The van der Waals surface area contributed by atoms with Crippen LogP contribution in [0.25, 0.3) is 0 Å². The van der Waals surface area contributed by atoms with E-state index in [1.54, 1.807) is 25.1 Å². The zero-order chi connectivity index (χ0) is 16.0. The molecule has 1 aromatic heterocycles. The van der Waals surface area contributed by atoms with Crippen molar-refractivity contribution in [3.8, 4) is 0 Å². The minimum absolute atomic E-state index is 0.0429. The maximum absolute atomic E-state index is 11.9. The summed E-state index contributed by atoms with van der Waals surface area (Å²) >= 11 is 0. The van der Waals surface area contributed by atoms with E-state index in [0.29, 0.717) is 12.1 Å². The SMILES string of the molecule is CCS(=O)(=O)c1cccc(NC(=O)CCCn2cccc2)c1. The molecule has 0 atom stereocenters. The molecule has 0 fully saturated rings. The van der Waals surface area contributed by atoms with Crippen molar-refractivity contribution >= 4 is 21.4 Å². The fraction of sp³-hybridized carbons (Fsp3) is 0.312. The summed E-state index contributed by atoms with van der Waals surface area (Å²) in [6, 6.07) is 10.3. The van der Waals surface area contributed by atoms with Crippen LogP contribution in [-0.2, 0) is 21.2 Å². The van der Waals surface area contributed by atoms with E-state index in [-0.39, 0.29) is 16.6 Å². The number of aryl methyl sites for hydroxylation is 1. The molecular formula is C16H20N2O3S. The highest BCUT2D eigenvalue weighted by Crippen LogP contribution is 2.17. The molecule has 1 heterocycles. The molecule has 0 saturated heterocycles. The lowest BCUT2D eigenvalue weighted by Crippen LogP contribution is -2.13. The van der Waals surface area contributed by atoms with Gasteiger partial charge in [-0.2, -0.15) is 0 Å². The van der Waals surface area contributed by atoms with Crippen LogP contribution in [0.5, 0.6) is 0 Å². The van der Waals surface area contributed by atoms with E-state index in [1.165, 1.54) is 6.07 Å². The Hall–Kier alpha value is -2.08. The predicted octanol–water partition coefficient (Wildman–Crippen LogP) is 2.70. The van der Waals surface area contributed by atoms with Crippen molar-refractivity contribution in [2.24, 2.45) is 0 Å². The van der Waals surface area contributed by atoms with Crippen LogP contribution in [0.1, 0.15) is 19.8 Å². The van der Waals surface area contributed by atoms with Gasteiger partial charge < -0.3 is 9.88 Å². The van der Waals surface area contributed by atoms with Crippen LogP contribution in [0, 0.1) is 0 Å². The van der Waals surface area contributed by atoms with E-state index in [2.05, 4.69) is 5.32 Å². The smallest absolute Gasteiger partial charge is 0.224 e. The molecule has 5 nitrogen and oxygen atoms in total. The molecule has 2 rings (SSSR count). The Morgan fingerprint density at radius 3 is 2.59 bits per heavy atom. The van der Waals surface area contributed by atoms with Crippen LogP contribution in [0.2, 0.25) is 0 Å². The lowest BCUT2D eigenvalue weighted by molar-refractivity contribution is -0.116. The number of amides is 1. The molecule has 118 valence electrons. The molecule has 1 N–H and O–H groups in total. The normalized spacial score (nSPS) is 11.3. The fourth-order valence-electron chi connectivity index (χ4n) is 2.10. The molecule has 0 saturated carbocycles. The van der Waals surface area contributed by atoms with Crippen LogP contribution in [0.4, 0.5) is 5.69 Å². The molecule has 0 aliphatic heterocycles. The number of nitrogens with one attached hydrogen (secondary N) is 1.